The summed E-state index contributed by atoms with van der Waals surface area (Å²) in [4.78, 5) is 4.07. The van der Waals surface area contributed by atoms with E-state index < -0.39 is 0 Å². The van der Waals surface area contributed by atoms with E-state index in [1.165, 1.54) is 0 Å². The minimum Gasteiger partial charge on any atom is -0.454 e. The minimum atomic E-state index is 0.315. The molecule has 1 aromatic carbocycles. The van der Waals surface area contributed by atoms with Gasteiger partial charge in [-0.3, -0.25) is 4.98 Å². The Labute approximate surface area is 106 Å². The number of fused-ring (bicyclic) bond motifs is 1. The summed E-state index contributed by atoms with van der Waals surface area (Å²) in [5.74, 6) is 1.64. The molecule has 0 aliphatic carbocycles. The molecular formula is C14H14N2O2. The molecule has 1 aromatic heterocycles. The lowest BCUT2D eigenvalue weighted by Gasteiger charge is -2.09. The van der Waals surface area contributed by atoms with Crippen LogP contribution in [0.25, 0.3) is 0 Å². The Balaban J connectivity index is 1.72. The zero-order chi connectivity index (χ0) is 12.4. The fourth-order valence-electron chi connectivity index (χ4n) is 1.92. The number of rotatable bonds is 3. The van der Waals surface area contributed by atoms with Crippen LogP contribution in [0.15, 0.2) is 36.7 Å². The smallest absolute Gasteiger partial charge is 0.231 e. The Bertz CT molecular complexity index is 569. The highest BCUT2D eigenvalue weighted by Gasteiger charge is 2.12. The Morgan fingerprint density at radius 2 is 2.11 bits per heavy atom. The third kappa shape index (κ3) is 2.09. The monoisotopic (exact) mass is 242 g/mol. The Morgan fingerprint density at radius 3 is 3.00 bits per heavy atom. The van der Waals surface area contributed by atoms with E-state index in [0.29, 0.717) is 6.79 Å². The molecule has 4 heteroatoms. The molecule has 3 rings (SSSR count). The summed E-state index contributed by atoms with van der Waals surface area (Å²) in [6.45, 7) is 3.10. The van der Waals surface area contributed by atoms with Crippen molar-refractivity contribution in [3.8, 4) is 11.5 Å². The molecule has 2 heterocycles. The highest BCUT2D eigenvalue weighted by atomic mass is 16.7. The molecule has 0 unspecified atom stereocenters. The Morgan fingerprint density at radius 1 is 1.22 bits per heavy atom. The second kappa shape index (κ2) is 4.56. The van der Waals surface area contributed by atoms with Gasteiger partial charge < -0.3 is 14.8 Å². The predicted octanol–water partition coefficient (Wildman–Crippen LogP) is 2.73. The van der Waals surface area contributed by atoms with E-state index >= 15 is 0 Å². The number of nitrogens with one attached hydrogen (secondary N) is 1. The van der Waals surface area contributed by atoms with Gasteiger partial charge in [0.05, 0.1) is 0 Å². The zero-order valence-electron chi connectivity index (χ0n) is 10.1. The number of aryl methyl sites for hydroxylation is 1. The molecule has 0 amide bonds. The third-order valence-corrected chi connectivity index (χ3v) is 2.94. The van der Waals surface area contributed by atoms with E-state index in [0.717, 1.165) is 34.9 Å². The van der Waals surface area contributed by atoms with E-state index in [2.05, 4.69) is 10.3 Å². The first-order valence-corrected chi connectivity index (χ1v) is 5.86. The lowest BCUT2D eigenvalue weighted by Crippen LogP contribution is -2.01. The van der Waals surface area contributed by atoms with Gasteiger partial charge in [0, 0.05) is 24.6 Å². The fraction of sp³-hybridized carbons (Fsp3) is 0.214. The van der Waals surface area contributed by atoms with Gasteiger partial charge in [-0.1, -0.05) is 6.07 Å². The predicted molar refractivity (Wildman–Crippen MR) is 68.9 cm³/mol. The van der Waals surface area contributed by atoms with Gasteiger partial charge in [0.25, 0.3) is 0 Å². The molecular weight excluding hydrogens is 228 g/mol. The lowest BCUT2D eigenvalue weighted by molar-refractivity contribution is 0.174. The van der Waals surface area contributed by atoms with Crippen molar-refractivity contribution in [1.29, 1.82) is 0 Å². The summed E-state index contributed by atoms with van der Waals surface area (Å²) in [5, 5.41) is 3.38. The van der Waals surface area contributed by atoms with Gasteiger partial charge in [-0.05, 0) is 36.2 Å². The summed E-state index contributed by atoms with van der Waals surface area (Å²) >= 11 is 0. The van der Waals surface area contributed by atoms with Gasteiger partial charge in [0.15, 0.2) is 11.5 Å². The molecule has 0 radical (unpaired) electrons. The van der Waals surface area contributed by atoms with Crippen LogP contribution in [0.5, 0.6) is 11.5 Å². The molecule has 0 saturated heterocycles. The zero-order valence-corrected chi connectivity index (χ0v) is 10.1. The summed E-state index contributed by atoms with van der Waals surface area (Å²) in [6, 6.07) is 7.96. The molecule has 0 spiro atoms. The molecule has 18 heavy (non-hydrogen) atoms. The first-order valence-electron chi connectivity index (χ1n) is 5.86. The summed E-state index contributed by atoms with van der Waals surface area (Å²) < 4.78 is 10.6. The van der Waals surface area contributed by atoms with Crippen LogP contribution in [0.2, 0.25) is 0 Å². The average Bonchev–Trinajstić information content (AvgIpc) is 2.85. The molecule has 92 valence electrons. The van der Waals surface area contributed by atoms with Gasteiger partial charge >= 0.3 is 0 Å². The van der Waals surface area contributed by atoms with E-state index in [1.807, 2.05) is 37.4 Å². The third-order valence-electron chi connectivity index (χ3n) is 2.94. The van der Waals surface area contributed by atoms with Crippen molar-refractivity contribution in [1.82, 2.24) is 4.98 Å². The molecule has 4 nitrogen and oxygen atoms in total. The number of hydrogen-bond acceptors (Lipinski definition) is 4. The number of hydrogen-bond donors (Lipinski definition) is 1. The van der Waals surface area contributed by atoms with Crippen LogP contribution >= 0.6 is 0 Å². The summed E-state index contributed by atoms with van der Waals surface area (Å²) in [7, 11) is 0. The average molecular weight is 242 g/mol. The molecule has 2 aromatic rings. The van der Waals surface area contributed by atoms with E-state index in [1.54, 1.807) is 6.20 Å². The first kappa shape index (κ1) is 10.9. The number of pyridine rings is 1. The standard InChI is InChI=1S/C14H14N2O2/c1-10-7-15-5-4-12(10)16-8-11-2-3-13-14(6-11)18-9-17-13/h2-7H,8-9H2,1H3,(H,15,16). The van der Waals surface area contributed by atoms with Crippen molar-refractivity contribution >= 4 is 5.69 Å². The topological polar surface area (TPSA) is 43.4 Å². The minimum absolute atomic E-state index is 0.315. The van der Waals surface area contributed by atoms with E-state index in [-0.39, 0.29) is 0 Å². The van der Waals surface area contributed by atoms with Crippen LogP contribution in [-0.2, 0) is 6.54 Å². The van der Waals surface area contributed by atoms with Crippen LogP contribution in [-0.4, -0.2) is 11.8 Å². The normalized spacial score (nSPS) is 12.5. The van der Waals surface area contributed by atoms with Crippen molar-refractivity contribution in [2.75, 3.05) is 12.1 Å². The number of anilines is 1. The van der Waals surface area contributed by atoms with Crippen molar-refractivity contribution in [2.45, 2.75) is 13.5 Å². The molecule has 0 bridgehead atoms. The van der Waals surface area contributed by atoms with Gasteiger partial charge in [0.1, 0.15) is 0 Å². The molecule has 0 atom stereocenters. The maximum absolute atomic E-state index is 5.35. The first-order chi connectivity index (χ1) is 8.83. The van der Waals surface area contributed by atoms with Crippen molar-refractivity contribution in [3.63, 3.8) is 0 Å². The number of nitrogens with zero attached hydrogens (tertiary/aromatic N) is 1. The molecule has 1 aliphatic rings. The molecule has 1 N–H and O–H groups in total. The van der Waals surface area contributed by atoms with Crippen molar-refractivity contribution in [2.24, 2.45) is 0 Å². The van der Waals surface area contributed by atoms with Crippen LogP contribution < -0.4 is 14.8 Å². The van der Waals surface area contributed by atoms with Crippen LogP contribution in [0.1, 0.15) is 11.1 Å². The SMILES string of the molecule is Cc1cnccc1NCc1ccc2c(c1)OCO2. The maximum Gasteiger partial charge on any atom is 0.231 e. The highest BCUT2D eigenvalue weighted by Crippen LogP contribution is 2.32. The summed E-state index contributed by atoms with van der Waals surface area (Å²) in [6.07, 6.45) is 3.64. The summed E-state index contributed by atoms with van der Waals surface area (Å²) in [5.41, 5.74) is 3.40. The fourth-order valence-corrected chi connectivity index (χ4v) is 1.92. The quantitative estimate of drug-likeness (QED) is 0.898. The molecule has 0 fully saturated rings. The number of ether oxygens (including phenoxy) is 2. The van der Waals surface area contributed by atoms with Gasteiger partial charge in [0.2, 0.25) is 6.79 Å². The lowest BCUT2D eigenvalue weighted by atomic mass is 10.2. The van der Waals surface area contributed by atoms with Gasteiger partial charge in [-0.2, -0.15) is 0 Å². The Kier molecular flexibility index (Phi) is 2.76. The molecule has 1 aliphatic heterocycles. The van der Waals surface area contributed by atoms with Crippen LogP contribution in [0, 0.1) is 6.92 Å². The maximum atomic E-state index is 5.35. The van der Waals surface area contributed by atoms with Gasteiger partial charge in [-0.15, -0.1) is 0 Å². The second-order valence-corrected chi connectivity index (χ2v) is 4.23. The number of aromatic nitrogens is 1. The van der Waals surface area contributed by atoms with E-state index in [4.69, 9.17) is 9.47 Å². The Hall–Kier alpha value is -2.23. The number of benzene rings is 1. The van der Waals surface area contributed by atoms with Crippen molar-refractivity contribution < 1.29 is 9.47 Å². The van der Waals surface area contributed by atoms with Crippen molar-refractivity contribution in [3.05, 3.63) is 47.8 Å². The van der Waals surface area contributed by atoms with Crippen LogP contribution in [0.4, 0.5) is 5.69 Å². The van der Waals surface area contributed by atoms with E-state index in [9.17, 15) is 0 Å². The van der Waals surface area contributed by atoms with Crippen LogP contribution in [0.3, 0.4) is 0 Å². The van der Waals surface area contributed by atoms with Gasteiger partial charge in [-0.25, -0.2) is 0 Å². The highest BCUT2D eigenvalue weighted by molar-refractivity contribution is 5.50. The molecule has 0 saturated carbocycles. The second-order valence-electron chi connectivity index (χ2n) is 4.23. The largest absolute Gasteiger partial charge is 0.454 e.